The van der Waals surface area contributed by atoms with Crippen molar-refractivity contribution < 1.29 is 8.81 Å². The highest BCUT2D eigenvalue weighted by Gasteiger charge is 2.12. The van der Waals surface area contributed by atoms with E-state index in [0.29, 0.717) is 6.42 Å². The van der Waals surface area contributed by atoms with E-state index in [-0.39, 0.29) is 11.1 Å². The van der Waals surface area contributed by atoms with Crippen molar-refractivity contribution in [2.45, 2.75) is 12.5 Å². The summed E-state index contributed by atoms with van der Waals surface area (Å²) in [4.78, 5) is 0. The van der Waals surface area contributed by atoms with Crippen molar-refractivity contribution in [1.29, 1.82) is 0 Å². The Morgan fingerprint density at radius 2 is 2.24 bits per heavy atom. The Balaban J connectivity index is 2.16. The van der Waals surface area contributed by atoms with Gasteiger partial charge in [0.05, 0.1) is 23.6 Å². The first-order chi connectivity index (χ1) is 8.20. The third kappa shape index (κ3) is 2.85. The molecule has 17 heavy (non-hydrogen) atoms. The molecule has 0 aliphatic heterocycles. The Labute approximate surface area is 103 Å². The molecule has 1 aromatic heterocycles. The van der Waals surface area contributed by atoms with Gasteiger partial charge in [0.2, 0.25) is 0 Å². The summed E-state index contributed by atoms with van der Waals surface area (Å²) in [6.07, 6.45) is 3.81. The number of nitrogens with one attached hydrogen (secondary N) is 1. The quantitative estimate of drug-likeness (QED) is 0.652. The first-order valence-corrected chi connectivity index (χ1v) is 5.50. The van der Waals surface area contributed by atoms with E-state index in [2.05, 4.69) is 5.43 Å². The summed E-state index contributed by atoms with van der Waals surface area (Å²) >= 11 is 5.72. The van der Waals surface area contributed by atoms with Crippen molar-refractivity contribution in [1.82, 2.24) is 5.43 Å². The zero-order valence-corrected chi connectivity index (χ0v) is 9.75. The minimum atomic E-state index is -0.420. The minimum absolute atomic E-state index is 0.0877. The normalized spacial score (nSPS) is 12.6. The van der Waals surface area contributed by atoms with Gasteiger partial charge < -0.3 is 4.42 Å². The summed E-state index contributed by atoms with van der Waals surface area (Å²) in [6, 6.07) is 6.37. The second-order valence-corrected chi connectivity index (χ2v) is 4.14. The van der Waals surface area contributed by atoms with Crippen LogP contribution in [0.3, 0.4) is 0 Å². The number of benzene rings is 1. The van der Waals surface area contributed by atoms with E-state index in [4.69, 9.17) is 21.9 Å². The molecule has 0 aliphatic rings. The summed E-state index contributed by atoms with van der Waals surface area (Å²) < 4.78 is 18.0. The molecule has 3 N–H and O–H groups in total. The highest BCUT2D eigenvalue weighted by Crippen LogP contribution is 2.21. The summed E-state index contributed by atoms with van der Waals surface area (Å²) in [5.74, 6) is 5.06. The third-order valence-corrected chi connectivity index (χ3v) is 2.86. The van der Waals surface area contributed by atoms with Crippen LogP contribution in [0.1, 0.15) is 17.2 Å². The van der Waals surface area contributed by atoms with Crippen LogP contribution in [-0.2, 0) is 6.42 Å². The third-order valence-electron chi connectivity index (χ3n) is 2.57. The number of halogens is 2. The number of hydrazine groups is 1. The van der Waals surface area contributed by atoms with Crippen LogP contribution in [-0.4, -0.2) is 0 Å². The number of hydrogen-bond acceptors (Lipinski definition) is 3. The SMILES string of the molecule is NNC(Cc1ccc(F)c(Cl)c1)c1ccoc1. The van der Waals surface area contributed by atoms with Crippen molar-refractivity contribution in [3.05, 3.63) is 58.8 Å². The average molecular weight is 255 g/mol. The average Bonchev–Trinajstić information content (AvgIpc) is 2.84. The summed E-state index contributed by atoms with van der Waals surface area (Å²) in [5, 5.41) is 0.116. The number of nitrogens with two attached hydrogens (primary N) is 1. The summed E-state index contributed by atoms with van der Waals surface area (Å²) in [5.41, 5.74) is 4.53. The summed E-state index contributed by atoms with van der Waals surface area (Å²) in [6.45, 7) is 0. The lowest BCUT2D eigenvalue weighted by Gasteiger charge is -2.14. The topological polar surface area (TPSA) is 51.2 Å². The maximum atomic E-state index is 13.0. The van der Waals surface area contributed by atoms with Gasteiger partial charge in [-0.1, -0.05) is 17.7 Å². The van der Waals surface area contributed by atoms with Crippen molar-refractivity contribution in [2.75, 3.05) is 0 Å². The van der Waals surface area contributed by atoms with Gasteiger partial charge in [0.25, 0.3) is 0 Å². The van der Waals surface area contributed by atoms with E-state index >= 15 is 0 Å². The first-order valence-electron chi connectivity index (χ1n) is 5.13. The molecule has 0 fully saturated rings. The monoisotopic (exact) mass is 254 g/mol. The molecule has 5 heteroatoms. The number of rotatable bonds is 4. The van der Waals surface area contributed by atoms with Gasteiger partial charge >= 0.3 is 0 Å². The standard InChI is InChI=1S/C12H12ClFN2O/c13-10-5-8(1-2-11(10)14)6-12(16-15)9-3-4-17-7-9/h1-5,7,12,16H,6,15H2. The molecular formula is C12H12ClFN2O. The predicted molar refractivity (Wildman–Crippen MR) is 63.9 cm³/mol. The van der Waals surface area contributed by atoms with E-state index in [1.165, 1.54) is 6.07 Å². The van der Waals surface area contributed by atoms with Crippen LogP contribution in [0.4, 0.5) is 4.39 Å². The fourth-order valence-electron chi connectivity index (χ4n) is 1.65. The van der Waals surface area contributed by atoms with Gasteiger partial charge in [0, 0.05) is 5.56 Å². The van der Waals surface area contributed by atoms with Crippen LogP contribution in [0.5, 0.6) is 0 Å². The van der Waals surface area contributed by atoms with Gasteiger partial charge in [-0.05, 0) is 30.2 Å². The lowest BCUT2D eigenvalue weighted by atomic mass is 10.0. The van der Waals surface area contributed by atoms with Crippen LogP contribution in [0.2, 0.25) is 5.02 Å². The molecule has 0 bridgehead atoms. The fraction of sp³-hybridized carbons (Fsp3) is 0.167. The van der Waals surface area contributed by atoms with Crippen LogP contribution in [0.25, 0.3) is 0 Å². The molecule has 3 nitrogen and oxygen atoms in total. The molecule has 1 atom stereocenters. The van der Waals surface area contributed by atoms with Gasteiger partial charge in [-0.15, -0.1) is 0 Å². The van der Waals surface area contributed by atoms with Crippen LogP contribution in [0.15, 0.2) is 41.2 Å². The Morgan fingerprint density at radius 3 is 2.82 bits per heavy atom. The van der Waals surface area contributed by atoms with E-state index < -0.39 is 5.82 Å². The zero-order chi connectivity index (χ0) is 12.3. The van der Waals surface area contributed by atoms with E-state index in [9.17, 15) is 4.39 Å². The van der Waals surface area contributed by atoms with Crippen LogP contribution in [0, 0.1) is 5.82 Å². The van der Waals surface area contributed by atoms with Crippen LogP contribution >= 0.6 is 11.6 Å². The molecule has 1 unspecified atom stereocenters. The van der Waals surface area contributed by atoms with Crippen LogP contribution < -0.4 is 11.3 Å². The predicted octanol–water partition coefficient (Wildman–Crippen LogP) is 2.82. The molecule has 0 aliphatic carbocycles. The Hall–Kier alpha value is -1.36. The van der Waals surface area contributed by atoms with Gasteiger partial charge in [0.15, 0.2) is 0 Å². The highest BCUT2D eigenvalue weighted by molar-refractivity contribution is 6.30. The Bertz CT molecular complexity index is 487. The van der Waals surface area contributed by atoms with Gasteiger partial charge in [-0.3, -0.25) is 11.3 Å². The smallest absolute Gasteiger partial charge is 0.141 e. The van der Waals surface area contributed by atoms with Crippen molar-refractivity contribution in [2.24, 2.45) is 5.84 Å². The van der Waals surface area contributed by atoms with Crippen molar-refractivity contribution in [3.8, 4) is 0 Å². The summed E-state index contributed by atoms with van der Waals surface area (Å²) in [7, 11) is 0. The largest absolute Gasteiger partial charge is 0.472 e. The highest BCUT2D eigenvalue weighted by atomic mass is 35.5. The van der Waals surface area contributed by atoms with Gasteiger partial charge in [0.1, 0.15) is 5.82 Å². The molecule has 0 radical (unpaired) electrons. The number of furan rings is 1. The second-order valence-electron chi connectivity index (χ2n) is 3.73. The van der Waals surface area contributed by atoms with Crippen molar-refractivity contribution >= 4 is 11.6 Å². The lowest BCUT2D eigenvalue weighted by Crippen LogP contribution is -2.29. The fourth-order valence-corrected chi connectivity index (χ4v) is 1.85. The molecular weight excluding hydrogens is 243 g/mol. The maximum absolute atomic E-state index is 13.0. The molecule has 0 amide bonds. The molecule has 2 aromatic rings. The lowest BCUT2D eigenvalue weighted by molar-refractivity contribution is 0.525. The first kappa shape index (κ1) is 12.1. The van der Waals surface area contributed by atoms with E-state index in [1.807, 2.05) is 6.07 Å². The molecule has 2 rings (SSSR count). The van der Waals surface area contributed by atoms with E-state index in [1.54, 1.807) is 24.7 Å². The molecule has 0 spiro atoms. The second kappa shape index (κ2) is 5.31. The molecule has 1 aromatic carbocycles. The minimum Gasteiger partial charge on any atom is -0.472 e. The Morgan fingerprint density at radius 1 is 1.41 bits per heavy atom. The maximum Gasteiger partial charge on any atom is 0.141 e. The zero-order valence-electron chi connectivity index (χ0n) is 8.99. The number of hydrogen-bond donors (Lipinski definition) is 2. The van der Waals surface area contributed by atoms with Crippen molar-refractivity contribution in [3.63, 3.8) is 0 Å². The molecule has 1 heterocycles. The molecule has 90 valence electrons. The Kier molecular flexibility index (Phi) is 3.78. The van der Waals surface area contributed by atoms with Gasteiger partial charge in [-0.25, -0.2) is 4.39 Å². The van der Waals surface area contributed by atoms with E-state index in [0.717, 1.165) is 11.1 Å². The molecule has 0 saturated carbocycles. The van der Waals surface area contributed by atoms with Gasteiger partial charge in [-0.2, -0.15) is 0 Å². The molecule has 0 saturated heterocycles.